The van der Waals surface area contributed by atoms with Gasteiger partial charge < -0.3 is 0 Å². The zero-order chi connectivity index (χ0) is 4.12. The second-order valence-electron chi connectivity index (χ2n) is 0.445. The van der Waals surface area contributed by atoms with Crippen molar-refractivity contribution in [1.82, 2.24) is 0 Å². The fourth-order valence-electron chi connectivity index (χ4n) is 0.0289. The molecule has 0 spiro atoms. The summed E-state index contributed by atoms with van der Waals surface area (Å²) in [4.78, 5) is 0. The van der Waals surface area contributed by atoms with E-state index in [-0.39, 0.29) is 6.54 Å². The van der Waals surface area contributed by atoms with Gasteiger partial charge in [-0.3, -0.25) is 0 Å². The molecule has 26 valence electrons. The van der Waals surface area contributed by atoms with Gasteiger partial charge in [0.05, 0.1) is 6.07 Å². The van der Waals surface area contributed by atoms with E-state index in [1.54, 1.807) is 6.07 Å². The third-order valence-corrected chi connectivity index (χ3v) is 0.264. The first-order valence-corrected chi connectivity index (χ1v) is 1.44. The lowest BCUT2D eigenvalue weighted by Gasteiger charge is -1.55. The number of hydrogen-bond acceptors (Lipinski definition) is 3. The summed E-state index contributed by atoms with van der Waals surface area (Å²) in [6.45, 7) is 0.134. The lowest BCUT2D eigenvalue weighted by Crippen LogP contribution is -1.60. The average molecular weight is 86.1 g/mol. The molecule has 0 aliphatic carbocycles. The number of rotatable bonds is 1. The Kier molecular flexibility index (Phi) is 3.17. The molecule has 0 aliphatic heterocycles. The molecule has 0 bridgehead atoms. The average Bonchev–Trinajstić information content (AvgIpc) is 1.41. The Hall–Kier alpha value is -0.490. The number of nitrogens with zero attached hydrogens (tertiary/aromatic N) is 2. The van der Waals surface area contributed by atoms with Crippen molar-refractivity contribution in [3.05, 3.63) is 0 Å². The van der Waals surface area contributed by atoms with Crippen molar-refractivity contribution in [2.75, 3.05) is 6.54 Å². The number of hydrogen-bond donors (Lipinski definition) is 0. The molecule has 0 rings (SSSR count). The van der Waals surface area contributed by atoms with Crippen LogP contribution in [0.2, 0.25) is 0 Å². The van der Waals surface area contributed by atoms with Crippen LogP contribution in [-0.2, 0) is 12.4 Å². The van der Waals surface area contributed by atoms with Gasteiger partial charge in [0.15, 0.2) is 0 Å². The molecule has 0 saturated carbocycles. The lowest BCUT2D eigenvalue weighted by molar-refractivity contribution is 1.28. The molecule has 5 heavy (non-hydrogen) atoms. The van der Waals surface area contributed by atoms with Crippen LogP contribution in [0.4, 0.5) is 0 Å². The van der Waals surface area contributed by atoms with Crippen molar-refractivity contribution in [1.29, 1.82) is 5.26 Å². The molecule has 3 heteroatoms. The first-order chi connectivity index (χ1) is 2.41. The molecule has 0 unspecified atom stereocenters. The van der Waals surface area contributed by atoms with Crippen LogP contribution in [0.3, 0.4) is 0 Å². The van der Waals surface area contributed by atoms with Gasteiger partial charge >= 0.3 is 0 Å². The summed E-state index contributed by atoms with van der Waals surface area (Å²) in [6, 6.07) is 1.75. The Balaban J connectivity index is 2.75. The highest BCUT2D eigenvalue weighted by Gasteiger charge is 1.59. The molecule has 0 aromatic rings. The van der Waals surface area contributed by atoms with E-state index in [2.05, 4.69) is 16.8 Å². The molecular weight excluding hydrogens is 84.1 g/mol. The summed E-state index contributed by atoms with van der Waals surface area (Å²) in [7, 11) is 0. The third-order valence-electron chi connectivity index (χ3n) is 0.135. The van der Waals surface area contributed by atoms with Gasteiger partial charge in [0.25, 0.3) is 0 Å². The highest BCUT2D eigenvalue weighted by molar-refractivity contribution is 7.47. The first-order valence-electron chi connectivity index (χ1n) is 1.08. The van der Waals surface area contributed by atoms with Crippen molar-refractivity contribution in [3.8, 4) is 6.07 Å². The summed E-state index contributed by atoms with van der Waals surface area (Å²) in [6.07, 6.45) is 0. The molecule has 0 saturated heterocycles. The summed E-state index contributed by atoms with van der Waals surface area (Å²) in [5.41, 5.74) is 0. The monoisotopic (exact) mass is 86.0 g/mol. The minimum Gasteiger partial charge on any atom is -0.204 e. The van der Waals surface area contributed by atoms with Crippen LogP contribution >= 0.6 is 0 Å². The van der Waals surface area contributed by atoms with E-state index in [0.29, 0.717) is 0 Å². The van der Waals surface area contributed by atoms with Gasteiger partial charge in [-0.05, 0) is 0 Å². The molecule has 0 fully saturated rings. The van der Waals surface area contributed by atoms with Crippen LogP contribution in [0.25, 0.3) is 0 Å². The van der Waals surface area contributed by atoms with E-state index < -0.39 is 0 Å². The molecular formula is C2H2N2S. The van der Waals surface area contributed by atoms with E-state index in [1.165, 1.54) is 0 Å². The largest absolute Gasteiger partial charge is 0.204 e. The van der Waals surface area contributed by atoms with E-state index in [0.717, 1.165) is 0 Å². The van der Waals surface area contributed by atoms with Crippen LogP contribution in [0, 0.1) is 11.3 Å². The standard InChI is InChI=1S/C2H2N2S/c3-1-2-4-5/h2H2. The molecule has 0 heterocycles. The van der Waals surface area contributed by atoms with E-state index >= 15 is 0 Å². The zero-order valence-corrected chi connectivity index (χ0v) is 3.33. The van der Waals surface area contributed by atoms with Crippen molar-refractivity contribution in [2.24, 2.45) is 4.36 Å². The molecule has 0 aromatic carbocycles. The van der Waals surface area contributed by atoms with Crippen LogP contribution in [-0.4, -0.2) is 6.54 Å². The highest BCUT2D eigenvalue weighted by atomic mass is 32.1. The second kappa shape index (κ2) is 3.51. The van der Waals surface area contributed by atoms with E-state index in [9.17, 15) is 0 Å². The van der Waals surface area contributed by atoms with Crippen molar-refractivity contribution in [2.45, 2.75) is 0 Å². The Labute approximate surface area is 35.6 Å². The first kappa shape index (κ1) is 4.51. The summed E-state index contributed by atoms with van der Waals surface area (Å²) >= 11 is 4.05. The lowest BCUT2D eigenvalue weighted by atomic mass is 10.8. The van der Waals surface area contributed by atoms with Crippen molar-refractivity contribution in [3.63, 3.8) is 0 Å². The van der Waals surface area contributed by atoms with Crippen molar-refractivity contribution < 1.29 is 0 Å². The molecule has 2 nitrogen and oxygen atoms in total. The second-order valence-corrected chi connectivity index (χ2v) is 0.704. The maximum Gasteiger partial charge on any atom is 0.139 e. The molecule has 0 atom stereocenters. The summed E-state index contributed by atoms with van der Waals surface area (Å²) in [5, 5.41) is 7.66. The maximum absolute atomic E-state index is 7.66. The third kappa shape index (κ3) is 3.51. The minimum absolute atomic E-state index is 0.134. The predicted molar refractivity (Wildman–Crippen MR) is 20.3 cm³/mol. The van der Waals surface area contributed by atoms with Crippen LogP contribution in [0.1, 0.15) is 0 Å². The Bertz CT molecular complexity index is 62.5. The van der Waals surface area contributed by atoms with Gasteiger partial charge in [-0.1, -0.05) is 0 Å². The predicted octanol–water partition coefficient (Wildman–Crippen LogP) is 0.240. The SMILES string of the molecule is N#CCN=S. The zero-order valence-electron chi connectivity index (χ0n) is 2.51. The minimum atomic E-state index is 0.134. The number of nitriles is 1. The van der Waals surface area contributed by atoms with Crippen LogP contribution < -0.4 is 0 Å². The van der Waals surface area contributed by atoms with Gasteiger partial charge in [0.1, 0.15) is 6.54 Å². The smallest absolute Gasteiger partial charge is 0.139 e. The summed E-state index contributed by atoms with van der Waals surface area (Å²) < 4.78 is 3.08. The molecule has 0 amide bonds. The molecule has 0 aliphatic rings. The quantitative estimate of drug-likeness (QED) is 0.428. The Morgan fingerprint density at radius 3 is 2.60 bits per heavy atom. The van der Waals surface area contributed by atoms with Crippen LogP contribution in [0.5, 0.6) is 0 Å². The topological polar surface area (TPSA) is 36.1 Å². The van der Waals surface area contributed by atoms with E-state index in [1.807, 2.05) is 0 Å². The fraction of sp³-hybridized carbons (Fsp3) is 0.500. The molecule has 0 aromatic heterocycles. The Morgan fingerprint density at radius 1 is 2.00 bits per heavy atom. The highest BCUT2D eigenvalue weighted by Crippen LogP contribution is 1.54. The van der Waals surface area contributed by atoms with Gasteiger partial charge in [-0.25, -0.2) is 4.36 Å². The normalized spacial score (nSPS) is 5.40. The van der Waals surface area contributed by atoms with E-state index in [4.69, 9.17) is 5.26 Å². The maximum atomic E-state index is 7.66. The summed E-state index contributed by atoms with van der Waals surface area (Å²) in [5.74, 6) is 0. The molecule has 0 radical (unpaired) electrons. The van der Waals surface area contributed by atoms with Gasteiger partial charge in [0.2, 0.25) is 0 Å². The van der Waals surface area contributed by atoms with Gasteiger partial charge in [-0.2, -0.15) is 5.26 Å². The van der Waals surface area contributed by atoms with Crippen molar-refractivity contribution >= 4 is 12.4 Å². The van der Waals surface area contributed by atoms with Gasteiger partial charge in [0, 0.05) is 12.4 Å². The van der Waals surface area contributed by atoms with Gasteiger partial charge in [-0.15, -0.1) is 0 Å². The Morgan fingerprint density at radius 2 is 2.60 bits per heavy atom. The molecule has 0 N–H and O–H groups in total. The fourth-order valence-corrected chi connectivity index (χ4v) is 0.0866. The van der Waals surface area contributed by atoms with Crippen LogP contribution in [0.15, 0.2) is 4.36 Å².